The summed E-state index contributed by atoms with van der Waals surface area (Å²) < 4.78 is 9.97. The fourth-order valence-corrected chi connectivity index (χ4v) is 1.67. The number of hydrogen-bond donors (Lipinski definition) is 2. The van der Waals surface area contributed by atoms with Gasteiger partial charge in [0, 0.05) is 13.2 Å². The van der Waals surface area contributed by atoms with Crippen LogP contribution in [0.3, 0.4) is 0 Å². The summed E-state index contributed by atoms with van der Waals surface area (Å²) in [5.41, 5.74) is 0.887. The molecule has 116 valence electrons. The molecule has 0 fully saturated rings. The first kappa shape index (κ1) is 17.0. The Morgan fingerprint density at radius 2 is 1.81 bits per heavy atom. The average molecular weight is 294 g/mol. The van der Waals surface area contributed by atoms with E-state index in [1.807, 2.05) is 37.3 Å². The summed E-state index contributed by atoms with van der Waals surface area (Å²) in [7, 11) is 1.56. The second-order valence-corrected chi connectivity index (χ2v) is 4.79. The lowest BCUT2D eigenvalue weighted by Gasteiger charge is -2.17. The van der Waals surface area contributed by atoms with Crippen molar-refractivity contribution in [1.29, 1.82) is 0 Å². The molecule has 2 N–H and O–H groups in total. The standard InChI is InChI=1S/C15H22N2O4/c1-11(9-20-3)16-14(18)12(2)17-15(19)21-10-13-7-5-4-6-8-13/h4-8,11-12H,9-10H2,1-3H3,(H,16,18)(H,17,19)/t11?,12-/m0/s1. The summed E-state index contributed by atoms with van der Waals surface area (Å²) in [4.78, 5) is 23.4. The molecule has 0 spiro atoms. The molecular weight excluding hydrogens is 272 g/mol. The smallest absolute Gasteiger partial charge is 0.408 e. The lowest BCUT2D eigenvalue weighted by atomic mass is 10.2. The monoisotopic (exact) mass is 294 g/mol. The van der Waals surface area contributed by atoms with Gasteiger partial charge in [-0.05, 0) is 19.4 Å². The summed E-state index contributed by atoms with van der Waals surface area (Å²) in [5.74, 6) is -0.281. The van der Waals surface area contributed by atoms with Crippen molar-refractivity contribution in [1.82, 2.24) is 10.6 Å². The van der Waals surface area contributed by atoms with E-state index in [0.717, 1.165) is 5.56 Å². The van der Waals surface area contributed by atoms with Crippen molar-refractivity contribution in [3.05, 3.63) is 35.9 Å². The number of rotatable bonds is 7. The minimum atomic E-state index is -0.674. The van der Waals surface area contributed by atoms with E-state index in [1.165, 1.54) is 0 Å². The van der Waals surface area contributed by atoms with Gasteiger partial charge in [0.15, 0.2) is 0 Å². The van der Waals surface area contributed by atoms with Gasteiger partial charge >= 0.3 is 6.09 Å². The quantitative estimate of drug-likeness (QED) is 0.798. The Morgan fingerprint density at radius 3 is 2.43 bits per heavy atom. The molecule has 0 radical (unpaired) electrons. The number of methoxy groups -OCH3 is 1. The number of carbonyl (C=O) groups excluding carboxylic acids is 2. The Morgan fingerprint density at radius 1 is 1.14 bits per heavy atom. The van der Waals surface area contributed by atoms with Crippen molar-refractivity contribution in [2.75, 3.05) is 13.7 Å². The number of ether oxygens (including phenoxy) is 2. The van der Waals surface area contributed by atoms with Gasteiger partial charge in [-0.3, -0.25) is 4.79 Å². The summed E-state index contributed by atoms with van der Waals surface area (Å²) in [6.07, 6.45) is -0.624. The summed E-state index contributed by atoms with van der Waals surface area (Å²) >= 11 is 0. The predicted molar refractivity (Wildman–Crippen MR) is 78.7 cm³/mol. The van der Waals surface area contributed by atoms with Crippen molar-refractivity contribution in [3.8, 4) is 0 Å². The molecule has 2 atom stereocenters. The van der Waals surface area contributed by atoms with Gasteiger partial charge in [-0.15, -0.1) is 0 Å². The first-order chi connectivity index (χ1) is 10.0. The largest absolute Gasteiger partial charge is 0.445 e. The maximum absolute atomic E-state index is 11.8. The minimum absolute atomic E-state index is 0.118. The zero-order chi connectivity index (χ0) is 15.7. The number of carbonyl (C=O) groups is 2. The Bertz CT molecular complexity index is 450. The van der Waals surface area contributed by atoms with Crippen LogP contribution in [-0.4, -0.2) is 37.8 Å². The fourth-order valence-electron chi connectivity index (χ4n) is 1.67. The Kier molecular flexibility index (Phi) is 7.25. The molecule has 0 bridgehead atoms. The number of benzene rings is 1. The third kappa shape index (κ3) is 6.76. The number of nitrogens with one attached hydrogen (secondary N) is 2. The number of alkyl carbamates (subject to hydrolysis) is 1. The van der Waals surface area contributed by atoms with Crippen molar-refractivity contribution >= 4 is 12.0 Å². The third-order valence-electron chi connectivity index (χ3n) is 2.75. The van der Waals surface area contributed by atoms with Crippen LogP contribution in [-0.2, 0) is 20.9 Å². The topological polar surface area (TPSA) is 76.7 Å². The molecule has 21 heavy (non-hydrogen) atoms. The van der Waals surface area contributed by atoms with E-state index < -0.39 is 12.1 Å². The molecule has 0 saturated heterocycles. The molecule has 0 aliphatic rings. The van der Waals surface area contributed by atoms with E-state index >= 15 is 0 Å². The molecule has 0 aliphatic heterocycles. The first-order valence-electron chi connectivity index (χ1n) is 6.79. The van der Waals surface area contributed by atoms with Crippen LogP contribution >= 0.6 is 0 Å². The molecular formula is C15H22N2O4. The third-order valence-corrected chi connectivity index (χ3v) is 2.75. The molecule has 0 aliphatic carbocycles. The maximum atomic E-state index is 11.8. The van der Waals surface area contributed by atoms with E-state index in [-0.39, 0.29) is 18.6 Å². The molecule has 6 heteroatoms. The molecule has 0 heterocycles. The average Bonchev–Trinajstić information content (AvgIpc) is 2.46. The number of hydrogen-bond acceptors (Lipinski definition) is 4. The van der Waals surface area contributed by atoms with Gasteiger partial charge in [0.2, 0.25) is 5.91 Å². The Hall–Kier alpha value is -2.08. The highest BCUT2D eigenvalue weighted by atomic mass is 16.5. The summed E-state index contributed by atoms with van der Waals surface area (Å²) in [5, 5.41) is 5.21. The van der Waals surface area contributed by atoms with Crippen LogP contribution in [0.2, 0.25) is 0 Å². The van der Waals surface area contributed by atoms with Crippen molar-refractivity contribution in [2.45, 2.75) is 32.5 Å². The second-order valence-electron chi connectivity index (χ2n) is 4.79. The van der Waals surface area contributed by atoms with E-state index in [0.29, 0.717) is 6.61 Å². The second kappa shape index (κ2) is 8.97. The zero-order valence-electron chi connectivity index (χ0n) is 12.6. The SMILES string of the molecule is COCC(C)NC(=O)[C@H](C)NC(=O)OCc1ccccc1. The highest BCUT2D eigenvalue weighted by Gasteiger charge is 2.17. The van der Waals surface area contributed by atoms with Gasteiger partial charge in [-0.25, -0.2) is 4.79 Å². The van der Waals surface area contributed by atoms with Crippen LogP contribution in [0.15, 0.2) is 30.3 Å². The fraction of sp³-hybridized carbons (Fsp3) is 0.467. The van der Waals surface area contributed by atoms with Crippen molar-refractivity contribution < 1.29 is 19.1 Å². The van der Waals surface area contributed by atoms with Crippen LogP contribution in [0, 0.1) is 0 Å². The molecule has 0 aromatic heterocycles. The molecule has 1 unspecified atom stereocenters. The lowest BCUT2D eigenvalue weighted by molar-refractivity contribution is -0.123. The van der Waals surface area contributed by atoms with Gasteiger partial charge in [0.05, 0.1) is 6.61 Å². The lowest BCUT2D eigenvalue weighted by Crippen LogP contribution is -2.48. The van der Waals surface area contributed by atoms with Gasteiger partial charge < -0.3 is 20.1 Å². The molecule has 1 aromatic rings. The molecule has 1 aromatic carbocycles. The van der Waals surface area contributed by atoms with Gasteiger partial charge in [0.1, 0.15) is 12.6 Å². The van der Waals surface area contributed by atoms with Crippen LogP contribution in [0.25, 0.3) is 0 Å². The minimum Gasteiger partial charge on any atom is -0.445 e. The summed E-state index contributed by atoms with van der Waals surface area (Å²) in [6.45, 7) is 4.00. The molecule has 6 nitrogen and oxygen atoms in total. The predicted octanol–water partition coefficient (Wildman–Crippen LogP) is 1.45. The highest BCUT2D eigenvalue weighted by Crippen LogP contribution is 2.00. The van der Waals surface area contributed by atoms with Gasteiger partial charge in [-0.1, -0.05) is 30.3 Å². The molecule has 2 amide bonds. The van der Waals surface area contributed by atoms with E-state index in [1.54, 1.807) is 14.0 Å². The van der Waals surface area contributed by atoms with Gasteiger partial charge in [-0.2, -0.15) is 0 Å². The van der Waals surface area contributed by atoms with Crippen LogP contribution in [0.4, 0.5) is 4.79 Å². The van der Waals surface area contributed by atoms with E-state index in [4.69, 9.17) is 9.47 Å². The van der Waals surface area contributed by atoms with Crippen molar-refractivity contribution in [3.63, 3.8) is 0 Å². The Labute approximate surface area is 124 Å². The van der Waals surface area contributed by atoms with E-state index in [2.05, 4.69) is 10.6 Å². The zero-order valence-corrected chi connectivity index (χ0v) is 12.6. The van der Waals surface area contributed by atoms with Crippen LogP contribution < -0.4 is 10.6 Å². The first-order valence-corrected chi connectivity index (χ1v) is 6.79. The highest BCUT2D eigenvalue weighted by molar-refractivity contribution is 5.85. The normalized spacial score (nSPS) is 13.1. The van der Waals surface area contributed by atoms with Crippen molar-refractivity contribution in [2.24, 2.45) is 0 Å². The van der Waals surface area contributed by atoms with Gasteiger partial charge in [0.25, 0.3) is 0 Å². The summed E-state index contributed by atoms with van der Waals surface area (Å²) in [6, 6.07) is 8.54. The van der Waals surface area contributed by atoms with Crippen LogP contribution in [0.5, 0.6) is 0 Å². The molecule has 1 rings (SSSR count). The number of amides is 2. The maximum Gasteiger partial charge on any atom is 0.408 e. The molecule has 0 saturated carbocycles. The van der Waals surface area contributed by atoms with E-state index in [9.17, 15) is 9.59 Å². The van der Waals surface area contributed by atoms with Crippen LogP contribution in [0.1, 0.15) is 19.4 Å². The Balaban J connectivity index is 2.31.